The van der Waals surface area contributed by atoms with Crippen LogP contribution in [-0.4, -0.2) is 58.8 Å². The second-order valence-corrected chi connectivity index (χ2v) is 7.40. The number of carbonyl (C=O) groups is 2. The Bertz CT molecular complexity index is 1100. The van der Waals surface area contributed by atoms with Crippen molar-refractivity contribution in [1.82, 2.24) is 0 Å². The van der Waals surface area contributed by atoms with Gasteiger partial charge in [-0.05, 0) is 30.0 Å². The predicted octanol–water partition coefficient (Wildman–Crippen LogP) is 1.86. The van der Waals surface area contributed by atoms with Gasteiger partial charge < -0.3 is 35.6 Å². The Morgan fingerprint density at radius 3 is 2.33 bits per heavy atom. The van der Waals surface area contributed by atoms with Gasteiger partial charge in [-0.25, -0.2) is 10.9 Å². The third-order valence-electron chi connectivity index (χ3n) is 4.70. The zero-order valence-electron chi connectivity index (χ0n) is 23.4. The van der Waals surface area contributed by atoms with Crippen molar-refractivity contribution in [2.75, 3.05) is 57.2 Å². The van der Waals surface area contributed by atoms with Crippen molar-refractivity contribution in [2.45, 2.75) is 13.3 Å². The van der Waals surface area contributed by atoms with Crippen molar-refractivity contribution in [2.24, 2.45) is 0 Å². The summed E-state index contributed by atoms with van der Waals surface area (Å²) in [6, 6.07) is 12.2. The van der Waals surface area contributed by atoms with E-state index in [0.29, 0.717) is 30.9 Å². The molecule has 0 unspecified atom stereocenters. The van der Waals surface area contributed by atoms with Crippen LogP contribution in [0.15, 0.2) is 67.3 Å². The third kappa shape index (κ3) is 14.5. The van der Waals surface area contributed by atoms with Crippen LogP contribution in [0.25, 0.3) is 0 Å². The molecule has 2 aromatic carbocycles. The largest absolute Gasteiger partial charge is 1.00 e. The van der Waals surface area contributed by atoms with Crippen LogP contribution in [0.5, 0.6) is 0 Å². The van der Waals surface area contributed by atoms with Crippen molar-refractivity contribution in [3.8, 4) is 0 Å². The number of nitrogens with one attached hydrogen (secondary N) is 4. The quantitative estimate of drug-likeness (QED) is 0.0546. The molecule has 0 aliphatic rings. The minimum Gasteiger partial charge on any atom is -0.435 e. The molecule has 204 valence electrons. The molecular formula is C29H36N4NaO5-. The van der Waals surface area contributed by atoms with E-state index in [-0.39, 0.29) is 42.1 Å². The summed E-state index contributed by atoms with van der Waals surface area (Å²) >= 11 is 0. The molecule has 0 spiro atoms. The van der Waals surface area contributed by atoms with Gasteiger partial charge in [-0.3, -0.25) is 10.9 Å². The van der Waals surface area contributed by atoms with Crippen LogP contribution in [0, 0.1) is 17.6 Å². The Labute approximate surface area is 253 Å². The molecule has 2 rings (SSSR count). The number of amides is 1. The van der Waals surface area contributed by atoms with E-state index in [1.165, 1.54) is 18.2 Å². The van der Waals surface area contributed by atoms with E-state index in [4.69, 9.17) is 19.6 Å². The van der Waals surface area contributed by atoms with Crippen LogP contribution in [0.4, 0.5) is 17.1 Å². The molecule has 4 N–H and O–H groups in total. The van der Waals surface area contributed by atoms with E-state index >= 15 is 0 Å². The van der Waals surface area contributed by atoms with Crippen molar-refractivity contribution < 1.29 is 53.4 Å². The Kier molecular flexibility index (Phi) is 19.9. The van der Waals surface area contributed by atoms with E-state index in [9.17, 15) is 9.59 Å². The van der Waals surface area contributed by atoms with Crippen LogP contribution in [0.3, 0.4) is 0 Å². The molecule has 0 saturated heterocycles. The third-order valence-corrected chi connectivity index (χ3v) is 4.70. The fraction of sp³-hybridized carbons (Fsp3) is 0.276. The number of anilines is 3. The zero-order valence-corrected chi connectivity index (χ0v) is 25.4. The van der Waals surface area contributed by atoms with Gasteiger partial charge in [-0.1, -0.05) is 13.0 Å². The summed E-state index contributed by atoms with van der Waals surface area (Å²) in [4.78, 5) is 23.5. The average molecular weight is 544 g/mol. The first-order valence-corrected chi connectivity index (χ1v) is 11.9. The standard InChI is InChI=1S/C17H21N2O5.C12H15N2.Na/c1-3-4-5-15(18)16(20)19-14-8-6-13(7-9-14)17(21)24-12-23-11-10-22-2;1-4-5-6-10-7-8-11(13-2)12(9-10)14-3;/h5-9,18H,3,10-12H2,1-2H3,(H,19,20);4-5,7-9,13-14H,1H2,2-3H3;/q2*-1;+1. The molecular weight excluding hydrogens is 507 g/mol. The van der Waals surface area contributed by atoms with Crippen LogP contribution < -0.4 is 45.5 Å². The van der Waals surface area contributed by atoms with Crippen molar-refractivity contribution >= 4 is 34.7 Å². The Morgan fingerprint density at radius 1 is 1.05 bits per heavy atom. The molecule has 2 aromatic rings. The van der Waals surface area contributed by atoms with Crippen molar-refractivity contribution in [3.63, 3.8) is 0 Å². The van der Waals surface area contributed by atoms with Crippen LogP contribution in [-0.2, 0) is 19.0 Å². The predicted molar refractivity (Wildman–Crippen MR) is 152 cm³/mol. The van der Waals surface area contributed by atoms with Gasteiger partial charge in [-0.2, -0.15) is 0 Å². The van der Waals surface area contributed by atoms with Crippen molar-refractivity contribution in [3.05, 3.63) is 90.6 Å². The molecule has 0 aromatic heterocycles. The van der Waals surface area contributed by atoms with E-state index in [2.05, 4.69) is 34.7 Å². The summed E-state index contributed by atoms with van der Waals surface area (Å²) in [5, 5.41) is 16.3. The van der Waals surface area contributed by atoms with Gasteiger partial charge in [-0.15, -0.1) is 48.9 Å². The van der Waals surface area contributed by atoms with Crippen LogP contribution in [0.1, 0.15) is 29.3 Å². The molecule has 0 fully saturated rings. The molecule has 10 heteroatoms. The monoisotopic (exact) mass is 543 g/mol. The number of allylic oxidation sites excluding steroid dienone is 3. The van der Waals surface area contributed by atoms with E-state index in [0.717, 1.165) is 16.9 Å². The molecule has 0 heterocycles. The Balaban J connectivity index is 0.000000821. The SMILES string of the molecule is C=CC=[C-]c1ccc(NC)c(NC)c1.CC[C-]=CC(=N)C(=O)Nc1ccc(C(=O)OCOCCOC)cc1.[Na+]. The van der Waals surface area contributed by atoms with Gasteiger partial charge in [0.1, 0.15) is 0 Å². The van der Waals surface area contributed by atoms with Gasteiger partial charge in [0.25, 0.3) is 0 Å². The number of ether oxygens (including phenoxy) is 3. The Hall–Kier alpha value is -3.21. The molecule has 0 radical (unpaired) electrons. The molecule has 9 nitrogen and oxygen atoms in total. The second kappa shape index (κ2) is 21.7. The number of rotatable bonds is 14. The Morgan fingerprint density at radius 2 is 1.74 bits per heavy atom. The number of methoxy groups -OCH3 is 1. The van der Waals surface area contributed by atoms with E-state index in [1.807, 2.05) is 39.2 Å². The minimum absolute atomic E-state index is 0. The van der Waals surface area contributed by atoms with Crippen LogP contribution in [0.2, 0.25) is 0 Å². The van der Waals surface area contributed by atoms with Gasteiger partial charge in [0.2, 0.25) is 0 Å². The summed E-state index contributed by atoms with van der Waals surface area (Å²) in [7, 11) is 5.35. The number of hydrogen-bond acceptors (Lipinski definition) is 8. The first kappa shape index (κ1) is 35.8. The first-order valence-electron chi connectivity index (χ1n) is 11.9. The molecule has 39 heavy (non-hydrogen) atoms. The maximum absolute atomic E-state index is 11.8. The molecule has 0 aliphatic carbocycles. The maximum atomic E-state index is 11.8. The van der Waals surface area contributed by atoms with Gasteiger partial charge in [0, 0.05) is 38.3 Å². The number of carbonyl (C=O) groups excluding carboxylic acids is 2. The fourth-order valence-corrected chi connectivity index (χ4v) is 2.75. The molecule has 0 atom stereocenters. The summed E-state index contributed by atoms with van der Waals surface area (Å²) < 4.78 is 14.8. The van der Waals surface area contributed by atoms with Gasteiger partial charge >= 0.3 is 35.5 Å². The first-order chi connectivity index (χ1) is 18.4. The van der Waals surface area contributed by atoms with Gasteiger partial charge in [0.15, 0.2) is 12.7 Å². The minimum atomic E-state index is -0.544. The molecule has 0 bridgehead atoms. The number of hydrogen-bond donors (Lipinski definition) is 4. The average Bonchev–Trinajstić information content (AvgIpc) is 2.95. The summed E-state index contributed by atoms with van der Waals surface area (Å²) in [6.45, 7) is 6.08. The van der Waals surface area contributed by atoms with Crippen LogP contribution >= 0.6 is 0 Å². The zero-order chi connectivity index (χ0) is 28.2. The number of benzene rings is 2. The van der Waals surface area contributed by atoms with Gasteiger partial charge in [0.05, 0.1) is 18.8 Å². The second-order valence-electron chi connectivity index (χ2n) is 7.40. The topological polar surface area (TPSA) is 122 Å². The summed E-state index contributed by atoms with van der Waals surface area (Å²) in [5.41, 5.74) is 3.80. The fourth-order valence-electron chi connectivity index (χ4n) is 2.75. The summed E-state index contributed by atoms with van der Waals surface area (Å²) in [6.07, 6.45) is 11.4. The maximum Gasteiger partial charge on any atom is 1.00 e. The number of esters is 1. The smallest absolute Gasteiger partial charge is 0.435 e. The normalized spacial score (nSPS) is 10.2. The van der Waals surface area contributed by atoms with E-state index in [1.54, 1.807) is 31.4 Å². The molecule has 0 saturated carbocycles. The molecule has 0 aliphatic heterocycles. The summed E-state index contributed by atoms with van der Waals surface area (Å²) in [5.74, 6) is -1.07. The van der Waals surface area contributed by atoms with E-state index < -0.39 is 11.9 Å². The van der Waals surface area contributed by atoms with Crippen molar-refractivity contribution in [1.29, 1.82) is 5.41 Å². The molecule has 1 amide bonds.